The van der Waals surface area contributed by atoms with Crippen molar-refractivity contribution >= 4 is 34.1 Å². The van der Waals surface area contributed by atoms with Gasteiger partial charge in [-0.1, -0.05) is 18.2 Å². The van der Waals surface area contributed by atoms with Crippen molar-refractivity contribution in [2.45, 2.75) is 16.4 Å². The average Bonchev–Trinajstić information content (AvgIpc) is 2.68. The minimum atomic E-state index is -4.66. The lowest BCUT2D eigenvalue weighted by molar-refractivity contribution is -0.223. The highest BCUT2D eigenvalue weighted by atomic mass is 35.5. The third-order valence-corrected chi connectivity index (χ3v) is 3.35. The molecule has 2 N–H and O–H groups in total. The van der Waals surface area contributed by atoms with Crippen LogP contribution in [0.5, 0.6) is 0 Å². The molecule has 0 spiro atoms. The van der Waals surface area contributed by atoms with Crippen molar-refractivity contribution < 1.29 is 22.7 Å². The number of hydrogen-bond acceptors (Lipinski definition) is 1. The maximum atomic E-state index is 13.3. The number of benzene rings is 1. The van der Waals surface area contributed by atoms with Crippen molar-refractivity contribution in [1.29, 1.82) is 0 Å². The summed E-state index contributed by atoms with van der Waals surface area (Å²) >= 11 is 9.31. The van der Waals surface area contributed by atoms with E-state index in [1.54, 1.807) is 6.07 Å². The van der Waals surface area contributed by atoms with Gasteiger partial charge in [0.05, 0.1) is 0 Å². The van der Waals surface area contributed by atoms with Crippen LogP contribution in [0.1, 0.15) is 5.56 Å². The van der Waals surface area contributed by atoms with Crippen LogP contribution in [0.25, 0.3) is 10.9 Å². The van der Waals surface area contributed by atoms with Crippen molar-refractivity contribution in [3.63, 3.8) is 0 Å². The van der Waals surface area contributed by atoms with E-state index in [1.807, 2.05) is 0 Å². The molecule has 0 saturated heterocycles. The number of hydrogen-bond donors (Lipinski definition) is 2. The highest BCUT2D eigenvalue weighted by Crippen LogP contribution is 2.53. The summed E-state index contributed by atoms with van der Waals surface area (Å²) in [5.41, 5.74) is -4.52. The van der Waals surface area contributed by atoms with Crippen LogP contribution >= 0.6 is 23.2 Å². The van der Waals surface area contributed by atoms with E-state index in [9.17, 15) is 22.7 Å². The number of aromatic nitrogens is 1. The maximum absolute atomic E-state index is 13.3. The van der Waals surface area contributed by atoms with Gasteiger partial charge < -0.3 is 10.1 Å². The van der Waals surface area contributed by atoms with E-state index >= 15 is 0 Å². The SMILES string of the molecule is OC(c1c[nH]c2ccccc12)(C(F)(F)Cl)C(F)(F)Cl. The van der Waals surface area contributed by atoms with Crippen LogP contribution in [0.3, 0.4) is 0 Å². The molecular weight excluding hydrogens is 309 g/mol. The van der Waals surface area contributed by atoms with Gasteiger partial charge in [-0.2, -0.15) is 17.6 Å². The maximum Gasteiger partial charge on any atom is 0.361 e. The highest BCUT2D eigenvalue weighted by Gasteiger charge is 2.68. The van der Waals surface area contributed by atoms with Crippen LogP contribution in [-0.2, 0) is 5.60 Å². The number of H-pyrrole nitrogens is 1. The molecule has 1 aromatic carbocycles. The smallest absolute Gasteiger partial charge is 0.361 e. The number of rotatable bonds is 3. The zero-order chi connectivity index (χ0) is 14.5. The third kappa shape index (κ3) is 2.07. The highest BCUT2D eigenvalue weighted by molar-refractivity contribution is 6.26. The molecular formula is C11H7Cl2F4NO. The van der Waals surface area contributed by atoms with Crippen molar-refractivity contribution in [1.82, 2.24) is 4.98 Å². The molecule has 0 amide bonds. The molecule has 2 nitrogen and oxygen atoms in total. The number of para-hydroxylation sites is 1. The van der Waals surface area contributed by atoms with Gasteiger partial charge >= 0.3 is 10.8 Å². The van der Waals surface area contributed by atoms with E-state index in [0.717, 1.165) is 6.20 Å². The fraction of sp³-hybridized carbons (Fsp3) is 0.273. The number of aromatic amines is 1. The van der Waals surface area contributed by atoms with Crippen LogP contribution < -0.4 is 0 Å². The quantitative estimate of drug-likeness (QED) is 0.651. The third-order valence-electron chi connectivity index (χ3n) is 2.80. The second kappa shape index (κ2) is 4.26. The van der Waals surface area contributed by atoms with E-state index in [-0.39, 0.29) is 10.9 Å². The standard InChI is InChI=1S/C11H7Cl2F4NO/c12-10(14,15)9(19,11(13,16)17)7-5-18-8-4-2-1-3-6(7)8/h1-5,18-19H. The number of aliphatic hydroxyl groups is 1. The first-order valence-corrected chi connectivity index (χ1v) is 5.77. The minimum Gasteiger partial charge on any atom is -0.372 e. The molecule has 0 unspecified atom stereocenters. The van der Waals surface area contributed by atoms with Gasteiger partial charge in [-0.3, -0.25) is 0 Å². The normalized spacial score (nSPS) is 14.1. The summed E-state index contributed by atoms with van der Waals surface area (Å²) in [5.74, 6) is 0. The van der Waals surface area contributed by atoms with Gasteiger partial charge in [-0.15, -0.1) is 0 Å². The Kier molecular flexibility index (Phi) is 3.24. The molecule has 0 atom stereocenters. The largest absolute Gasteiger partial charge is 0.372 e. The molecule has 0 aliphatic heterocycles. The van der Waals surface area contributed by atoms with Crippen molar-refractivity contribution in [3.05, 3.63) is 36.0 Å². The molecule has 0 aliphatic rings. The lowest BCUT2D eigenvalue weighted by atomic mass is 9.93. The van der Waals surface area contributed by atoms with Gasteiger partial charge in [0.1, 0.15) is 0 Å². The predicted octanol–water partition coefficient (Wildman–Crippen LogP) is 4.02. The molecule has 0 bridgehead atoms. The monoisotopic (exact) mass is 315 g/mol. The topological polar surface area (TPSA) is 36.0 Å². The van der Waals surface area contributed by atoms with Crippen LogP contribution in [-0.4, -0.2) is 20.9 Å². The Morgan fingerprint density at radius 2 is 1.53 bits per heavy atom. The number of alkyl halides is 6. The van der Waals surface area contributed by atoms with Crippen molar-refractivity contribution in [3.8, 4) is 0 Å². The van der Waals surface area contributed by atoms with Gasteiger partial charge in [0.2, 0.25) is 5.60 Å². The Labute approximate surface area is 114 Å². The molecule has 0 saturated carbocycles. The summed E-state index contributed by atoms with van der Waals surface area (Å²) < 4.78 is 53.2. The molecule has 19 heavy (non-hydrogen) atoms. The lowest BCUT2D eigenvalue weighted by Crippen LogP contribution is -2.52. The zero-order valence-electron chi connectivity index (χ0n) is 9.10. The Morgan fingerprint density at radius 1 is 1.00 bits per heavy atom. The van der Waals surface area contributed by atoms with Gasteiger partial charge in [0, 0.05) is 22.7 Å². The van der Waals surface area contributed by atoms with E-state index < -0.39 is 21.9 Å². The summed E-state index contributed by atoms with van der Waals surface area (Å²) in [7, 11) is 0. The Bertz CT molecular complexity index is 588. The van der Waals surface area contributed by atoms with Crippen LogP contribution in [0.4, 0.5) is 17.6 Å². The van der Waals surface area contributed by atoms with Gasteiger partial charge in [-0.05, 0) is 29.3 Å². The van der Waals surface area contributed by atoms with E-state index in [4.69, 9.17) is 0 Å². The first kappa shape index (κ1) is 14.4. The zero-order valence-corrected chi connectivity index (χ0v) is 10.6. The van der Waals surface area contributed by atoms with E-state index in [1.165, 1.54) is 18.2 Å². The average molecular weight is 316 g/mol. The molecule has 104 valence electrons. The molecule has 2 aromatic rings. The summed E-state index contributed by atoms with van der Waals surface area (Å²) in [6, 6.07) is 5.77. The molecule has 1 heterocycles. The number of nitrogens with one attached hydrogen (secondary N) is 1. The molecule has 1 aromatic heterocycles. The fourth-order valence-corrected chi connectivity index (χ4v) is 2.33. The van der Waals surface area contributed by atoms with Gasteiger partial charge in [-0.25, -0.2) is 0 Å². The number of halogens is 6. The van der Waals surface area contributed by atoms with Crippen LogP contribution in [0.2, 0.25) is 0 Å². The van der Waals surface area contributed by atoms with Gasteiger partial charge in [0.15, 0.2) is 0 Å². The summed E-state index contributed by atoms with van der Waals surface area (Å²) in [5, 5.41) is 0.409. The first-order valence-electron chi connectivity index (χ1n) is 5.01. The first-order chi connectivity index (χ1) is 8.59. The van der Waals surface area contributed by atoms with Crippen molar-refractivity contribution in [2.24, 2.45) is 0 Å². The lowest BCUT2D eigenvalue weighted by Gasteiger charge is -2.34. The second-order valence-corrected chi connectivity index (χ2v) is 4.90. The fourth-order valence-electron chi connectivity index (χ4n) is 1.84. The molecule has 0 fully saturated rings. The summed E-state index contributed by atoms with van der Waals surface area (Å²) in [6.45, 7) is 0. The van der Waals surface area contributed by atoms with Crippen molar-refractivity contribution in [2.75, 3.05) is 0 Å². The molecule has 8 heteroatoms. The Balaban J connectivity index is 2.77. The minimum absolute atomic E-state index is 0.0225. The predicted molar refractivity (Wildman–Crippen MR) is 63.8 cm³/mol. The second-order valence-electron chi connectivity index (χ2n) is 3.95. The Hall–Kier alpha value is -0.980. The number of fused-ring (bicyclic) bond motifs is 1. The van der Waals surface area contributed by atoms with Crippen LogP contribution in [0.15, 0.2) is 30.5 Å². The molecule has 0 radical (unpaired) electrons. The molecule has 0 aliphatic carbocycles. The van der Waals surface area contributed by atoms with Crippen LogP contribution in [0, 0.1) is 0 Å². The summed E-state index contributed by atoms with van der Waals surface area (Å²) in [6.07, 6.45) is 0.831. The molecule has 2 rings (SSSR count). The van der Waals surface area contributed by atoms with E-state index in [0.29, 0.717) is 0 Å². The summed E-state index contributed by atoms with van der Waals surface area (Å²) in [4.78, 5) is 2.49. The van der Waals surface area contributed by atoms with Gasteiger partial charge in [0.25, 0.3) is 0 Å². The van der Waals surface area contributed by atoms with E-state index in [2.05, 4.69) is 28.2 Å². The Morgan fingerprint density at radius 3 is 2.05 bits per heavy atom.